The lowest BCUT2D eigenvalue weighted by Gasteiger charge is -2.26. The highest BCUT2D eigenvalue weighted by Gasteiger charge is 2.29. The molecule has 1 amide bonds. The molecule has 2 aromatic rings. The van der Waals surface area contributed by atoms with Crippen LogP contribution in [0.15, 0.2) is 47.4 Å². The molecule has 0 saturated carbocycles. The van der Waals surface area contributed by atoms with Gasteiger partial charge in [0.15, 0.2) is 0 Å². The molecule has 6 nitrogen and oxygen atoms in total. The van der Waals surface area contributed by atoms with Gasteiger partial charge in [0.25, 0.3) is 0 Å². The van der Waals surface area contributed by atoms with Crippen LogP contribution in [0.5, 0.6) is 0 Å². The van der Waals surface area contributed by atoms with Gasteiger partial charge in [-0.15, -0.1) is 0 Å². The van der Waals surface area contributed by atoms with Crippen molar-refractivity contribution in [2.75, 3.05) is 31.6 Å². The van der Waals surface area contributed by atoms with E-state index in [4.69, 9.17) is 4.74 Å². The van der Waals surface area contributed by atoms with E-state index >= 15 is 0 Å². The van der Waals surface area contributed by atoms with E-state index in [1.807, 2.05) is 31.2 Å². The minimum absolute atomic E-state index is 0.178. The number of halogens is 1. The van der Waals surface area contributed by atoms with Crippen LogP contribution in [0, 0.1) is 12.7 Å². The summed E-state index contributed by atoms with van der Waals surface area (Å²) in [5, 5.41) is 2.67. The Kier molecular flexibility index (Phi) is 7.00. The SMILES string of the molecule is Cc1ccc(CCCC(=O)Nc2ccc(F)c(S(=O)(=O)N3CCOCC3)c2)cc1. The third-order valence-electron chi connectivity index (χ3n) is 4.79. The van der Waals surface area contributed by atoms with Gasteiger partial charge >= 0.3 is 0 Å². The predicted molar refractivity (Wildman–Crippen MR) is 109 cm³/mol. The number of aryl methyl sites for hydroxylation is 2. The number of hydrogen-bond acceptors (Lipinski definition) is 4. The zero-order valence-corrected chi connectivity index (χ0v) is 17.2. The summed E-state index contributed by atoms with van der Waals surface area (Å²) in [5.74, 6) is -1.08. The van der Waals surface area contributed by atoms with Crippen molar-refractivity contribution in [1.29, 1.82) is 0 Å². The lowest BCUT2D eigenvalue weighted by Crippen LogP contribution is -2.40. The molecule has 156 valence electrons. The van der Waals surface area contributed by atoms with Gasteiger partial charge in [-0.25, -0.2) is 12.8 Å². The van der Waals surface area contributed by atoms with Gasteiger partial charge in [-0.3, -0.25) is 4.79 Å². The summed E-state index contributed by atoms with van der Waals surface area (Å²) >= 11 is 0. The first-order chi connectivity index (χ1) is 13.9. The van der Waals surface area contributed by atoms with Gasteiger partial charge in [0.05, 0.1) is 13.2 Å². The van der Waals surface area contributed by atoms with E-state index in [1.165, 1.54) is 22.0 Å². The second kappa shape index (κ2) is 9.47. The van der Waals surface area contributed by atoms with Crippen LogP contribution in [0.25, 0.3) is 0 Å². The summed E-state index contributed by atoms with van der Waals surface area (Å²) in [4.78, 5) is 11.8. The standard InChI is InChI=1S/C21H25FN2O4S/c1-16-5-7-17(8-6-16)3-2-4-21(25)23-18-9-10-19(22)20(15-18)29(26,27)24-11-13-28-14-12-24/h5-10,15H,2-4,11-14H2,1H3,(H,23,25). The van der Waals surface area contributed by atoms with Gasteiger partial charge in [0.1, 0.15) is 10.7 Å². The lowest BCUT2D eigenvalue weighted by atomic mass is 10.1. The highest BCUT2D eigenvalue weighted by atomic mass is 32.2. The molecular formula is C21H25FN2O4S. The smallest absolute Gasteiger partial charge is 0.246 e. The van der Waals surface area contributed by atoms with Crippen molar-refractivity contribution in [2.24, 2.45) is 0 Å². The van der Waals surface area contributed by atoms with Crippen molar-refractivity contribution in [2.45, 2.75) is 31.1 Å². The van der Waals surface area contributed by atoms with Gasteiger partial charge in [0, 0.05) is 25.2 Å². The first kappa shape index (κ1) is 21.4. The second-order valence-corrected chi connectivity index (χ2v) is 8.96. The molecule has 1 heterocycles. The maximum absolute atomic E-state index is 14.2. The van der Waals surface area contributed by atoms with Crippen LogP contribution in [-0.4, -0.2) is 44.9 Å². The minimum atomic E-state index is -3.98. The third-order valence-corrected chi connectivity index (χ3v) is 6.71. The van der Waals surface area contributed by atoms with Gasteiger partial charge in [0.2, 0.25) is 15.9 Å². The van der Waals surface area contributed by atoms with E-state index in [-0.39, 0.29) is 44.3 Å². The Hall–Kier alpha value is -2.29. The van der Waals surface area contributed by atoms with Crippen molar-refractivity contribution in [3.63, 3.8) is 0 Å². The Balaban J connectivity index is 1.61. The Morgan fingerprint density at radius 2 is 1.83 bits per heavy atom. The summed E-state index contributed by atoms with van der Waals surface area (Å²) < 4.78 is 46.0. The van der Waals surface area contributed by atoms with Gasteiger partial charge < -0.3 is 10.1 Å². The Labute approximate surface area is 170 Å². The van der Waals surface area contributed by atoms with Crippen LogP contribution >= 0.6 is 0 Å². The number of ether oxygens (including phenoxy) is 1. The minimum Gasteiger partial charge on any atom is -0.379 e. The Bertz CT molecular complexity index is 955. The van der Waals surface area contributed by atoms with Gasteiger partial charge in [-0.05, 0) is 43.5 Å². The van der Waals surface area contributed by atoms with Gasteiger partial charge in [-0.2, -0.15) is 4.31 Å². The molecular weight excluding hydrogens is 395 g/mol. The molecule has 1 N–H and O–H groups in total. The molecule has 1 aliphatic rings. The molecule has 1 saturated heterocycles. The molecule has 2 aromatic carbocycles. The number of hydrogen-bond donors (Lipinski definition) is 1. The molecule has 0 aliphatic carbocycles. The lowest BCUT2D eigenvalue weighted by molar-refractivity contribution is -0.116. The van der Waals surface area contributed by atoms with E-state index in [0.717, 1.165) is 18.1 Å². The number of amides is 1. The van der Waals surface area contributed by atoms with Crippen LogP contribution in [0.4, 0.5) is 10.1 Å². The van der Waals surface area contributed by atoms with Crippen LogP contribution < -0.4 is 5.32 Å². The van der Waals surface area contributed by atoms with Crippen LogP contribution in [0.3, 0.4) is 0 Å². The fourth-order valence-corrected chi connectivity index (χ4v) is 4.63. The fourth-order valence-electron chi connectivity index (χ4n) is 3.14. The number of benzene rings is 2. The monoisotopic (exact) mass is 420 g/mol. The van der Waals surface area contributed by atoms with Crippen LogP contribution in [0.2, 0.25) is 0 Å². The summed E-state index contributed by atoms with van der Waals surface area (Å²) in [6.45, 7) is 2.93. The quantitative estimate of drug-likeness (QED) is 0.747. The van der Waals surface area contributed by atoms with Crippen molar-refractivity contribution in [3.8, 4) is 0 Å². The highest BCUT2D eigenvalue weighted by Crippen LogP contribution is 2.24. The van der Waals surface area contributed by atoms with Crippen molar-refractivity contribution in [1.82, 2.24) is 4.31 Å². The molecule has 1 aliphatic heterocycles. The average molecular weight is 421 g/mol. The number of sulfonamides is 1. The molecule has 0 radical (unpaired) electrons. The first-order valence-electron chi connectivity index (χ1n) is 9.59. The number of carbonyl (C=O) groups is 1. The molecule has 0 bridgehead atoms. The van der Waals surface area contributed by atoms with Crippen LogP contribution in [0.1, 0.15) is 24.0 Å². The summed E-state index contributed by atoms with van der Waals surface area (Å²) in [5.41, 5.74) is 2.60. The van der Waals surface area contributed by atoms with E-state index in [1.54, 1.807) is 0 Å². The maximum atomic E-state index is 14.2. The second-order valence-electron chi connectivity index (χ2n) is 7.05. The zero-order valence-electron chi connectivity index (χ0n) is 16.4. The molecule has 0 aromatic heterocycles. The molecule has 3 rings (SSSR count). The molecule has 0 unspecified atom stereocenters. The summed E-state index contributed by atoms with van der Waals surface area (Å²) in [6.07, 6.45) is 1.72. The Morgan fingerprint density at radius 1 is 1.14 bits per heavy atom. The number of nitrogens with one attached hydrogen (secondary N) is 1. The fraction of sp³-hybridized carbons (Fsp3) is 0.381. The summed E-state index contributed by atoms with van der Waals surface area (Å²) in [7, 11) is -3.98. The van der Waals surface area contributed by atoms with Gasteiger partial charge in [-0.1, -0.05) is 29.8 Å². The zero-order chi connectivity index (χ0) is 20.9. The number of nitrogens with zero attached hydrogens (tertiary/aromatic N) is 1. The average Bonchev–Trinajstić information content (AvgIpc) is 2.71. The predicted octanol–water partition coefficient (Wildman–Crippen LogP) is 3.12. The first-order valence-corrected chi connectivity index (χ1v) is 11.0. The number of morpholine rings is 1. The normalized spacial score (nSPS) is 15.2. The molecule has 0 spiro atoms. The molecule has 0 atom stereocenters. The topological polar surface area (TPSA) is 75.7 Å². The number of carbonyl (C=O) groups excluding carboxylic acids is 1. The number of rotatable bonds is 7. The van der Waals surface area contributed by atoms with E-state index in [2.05, 4.69) is 5.32 Å². The summed E-state index contributed by atoms with van der Waals surface area (Å²) in [6, 6.07) is 11.7. The third kappa shape index (κ3) is 5.62. The molecule has 29 heavy (non-hydrogen) atoms. The highest BCUT2D eigenvalue weighted by molar-refractivity contribution is 7.89. The largest absolute Gasteiger partial charge is 0.379 e. The van der Waals surface area contributed by atoms with Crippen molar-refractivity contribution in [3.05, 3.63) is 59.4 Å². The van der Waals surface area contributed by atoms with Crippen molar-refractivity contribution >= 4 is 21.6 Å². The number of anilines is 1. The van der Waals surface area contributed by atoms with E-state index in [0.29, 0.717) is 6.42 Å². The molecule has 8 heteroatoms. The van der Waals surface area contributed by atoms with Crippen LogP contribution in [-0.2, 0) is 26.0 Å². The maximum Gasteiger partial charge on any atom is 0.246 e. The Morgan fingerprint density at radius 3 is 2.52 bits per heavy atom. The van der Waals surface area contributed by atoms with E-state index in [9.17, 15) is 17.6 Å². The molecule has 1 fully saturated rings. The van der Waals surface area contributed by atoms with Crippen molar-refractivity contribution < 1.29 is 22.3 Å². The van der Waals surface area contributed by atoms with E-state index < -0.39 is 20.7 Å².